The number of benzene rings is 9. The number of furan rings is 1. The predicted molar refractivity (Wildman–Crippen MR) is 220 cm³/mol. The quantitative estimate of drug-likeness (QED) is 0.176. The number of rotatable bonds is 6. The molecule has 0 unspecified atom stereocenters. The minimum Gasteiger partial charge on any atom is -0.456 e. The van der Waals surface area contributed by atoms with Crippen molar-refractivity contribution in [3.05, 3.63) is 200 Å². The normalized spacial score (nSPS) is 11.5. The van der Waals surface area contributed by atoms with E-state index in [1.165, 1.54) is 43.8 Å². The number of para-hydroxylation sites is 2. The fourth-order valence-corrected chi connectivity index (χ4v) is 7.86. The molecule has 1 aromatic heterocycles. The van der Waals surface area contributed by atoms with E-state index in [-0.39, 0.29) is 0 Å². The summed E-state index contributed by atoms with van der Waals surface area (Å²) in [6.45, 7) is 0. The molecule has 0 N–H and O–H groups in total. The van der Waals surface area contributed by atoms with E-state index in [1.54, 1.807) is 0 Å². The largest absolute Gasteiger partial charge is 0.456 e. The Morgan fingerprint density at radius 2 is 0.750 bits per heavy atom. The summed E-state index contributed by atoms with van der Waals surface area (Å²) in [7, 11) is 0. The van der Waals surface area contributed by atoms with Crippen LogP contribution in [0.5, 0.6) is 0 Å². The van der Waals surface area contributed by atoms with Crippen LogP contribution in [0, 0.1) is 0 Å². The van der Waals surface area contributed by atoms with Crippen molar-refractivity contribution in [2.45, 2.75) is 0 Å². The molecule has 0 aliphatic carbocycles. The molecule has 0 aliphatic heterocycles. The summed E-state index contributed by atoms with van der Waals surface area (Å²) in [6.07, 6.45) is 0. The molecule has 1 heterocycles. The Bertz CT molecular complexity index is 2770. The molecule has 10 aromatic rings. The third kappa shape index (κ3) is 5.04. The van der Waals surface area contributed by atoms with Crippen molar-refractivity contribution in [1.82, 2.24) is 0 Å². The van der Waals surface area contributed by atoms with Gasteiger partial charge in [-0.15, -0.1) is 0 Å². The Hall–Kier alpha value is -6.90. The summed E-state index contributed by atoms with van der Waals surface area (Å²) >= 11 is 0. The summed E-state index contributed by atoms with van der Waals surface area (Å²) in [5, 5.41) is 7.24. The van der Waals surface area contributed by atoms with Gasteiger partial charge in [-0.3, -0.25) is 0 Å². The Kier molecular flexibility index (Phi) is 7.18. The number of nitrogens with zero attached hydrogens (tertiary/aromatic N) is 1. The molecule has 9 aromatic carbocycles. The molecule has 244 valence electrons. The lowest BCUT2D eigenvalue weighted by atomic mass is 9.95. The maximum atomic E-state index is 6.34. The number of hydrogen-bond donors (Lipinski definition) is 0. The van der Waals surface area contributed by atoms with Crippen molar-refractivity contribution < 1.29 is 4.42 Å². The van der Waals surface area contributed by atoms with Crippen LogP contribution in [0.3, 0.4) is 0 Å². The Balaban J connectivity index is 1.15. The lowest BCUT2D eigenvalue weighted by Crippen LogP contribution is -2.11. The standard InChI is InChI=1S/C50H33NO/c1-3-16-40-34(12-1)14-9-20-42(40)36-26-30-38(31-27-36)51(39-32-28-37(29-33-39)43-21-10-15-35-13-2-4-17-41(35)43)47-23-7-5-18-44(47)45-22-11-25-49-50(45)46-19-6-8-24-48(46)52-49/h1-33H. The first kappa shape index (κ1) is 30.0. The molecule has 0 bridgehead atoms. The number of hydrogen-bond acceptors (Lipinski definition) is 2. The van der Waals surface area contributed by atoms with Gasteiger partial charge in [0, 0.05) is 27.7 Å². The second-order valence-electron chi connectivity index (χ2n) is 13.3. The molecule has 0 spiro atoms. The van der Waals surface area contributed by atoms with E-state index in [0.717, 1.165) is 50.1 Å². The van der Waals surface area contributed by atoms with E-state index in [2.05, 4.69) is 193 Å². The monoisotopic (exact) mass is 663 g/mol. The smallest absolute Gasteiger partial charge is 0.136 e. The van der Waals surface area contributed by atoms with E-state index >= 15 is 0 Å². The highest BCUT2D eigenvalue weighted by molar-refractivity contribution is 6.14. The van der Waals surface area contributed by atoms with Gasteiger partial charge in [0.05, 0.1) is 5.69 Å². The topological polar surface area (TPSA) is 16.4 Å². The second kappa shape index (κ2) is 12.5. The van der Waals surface area contributed by atoms with Gasteiger partial charge in [-0.2, -0.15) is 0 Å². The SMILES string of the molecule is c1ccc(N(c2ccc(-c3cccc4ccccc34)cc2)c2ccc(-c3cccc4ccccc34)cc2)c(-c2cccc3oc4ccccc4c23)c1. The van der Waals surface area contributed by atoms with Crippen LogP contribution in [0.15, 0.2) is 205 Å². The molecule has 2 nitrogen and oxygen atoms in total. The minimum absolute atomic E-state index is 0.888. The highest BCUT2D eigenvalue weighted by Gasteiger charge is 2.20. The maximum Gasteiger partial charge on any atom is 0.136 e. The van der Waals surface area contributed by atoms with Crippen LogP contribution < -0.4 is 4.90 Å². The zero-order chi connectivity index (χ0) is 34.4. The Morgan fingerprint density at radius 1 is 0.308 bits per heavy atom. The average Bonchev–Trinajstić information content (AvgIpc) is 3.61. The van der Waals surface area contributed by atoms with Crippen LogP contribution in [0.4, 0.5) is 17.1 Å². The fourth-order valence-electron chi connectivity index (χ4n) is 7.86. The molecule has 0 fully saturated rings. The summed E-state index contributed by atoms with van der Waals surface area (Å²) in [6, 6.07) is 71.7. The Morgan fingerprint density at radius 3 is 1.38 bits per heavy atom. The molecule has 0 atom stereocenters. The first-order chi connectivity index (χ1) is 25.8. The minimum atomic E-state index is 0.888. The van der Waals surface area contributed by atoms with Gasteiger partial charge in [0.25, 0.3) is 0 Å². The van der Waals surface area contributed by atoms with Gasteiger partial charge in [0.2, 0.25) is 0 Å². The molecule has 0 saturated heterocycles. The molecule has 10 rings (SSSR count). The Labute approximate surface area is 302 Å². The van der Waals surface area contributed by atoms with Gasteiger partial charge >= 0.3 is 0 Å². The first-order valence-corrected chi connectivity index (χ1v) is 17.8. The zero-order valence-corrected chi connectivity index (χ0v) is 28.4. The molecule has 0 radical (unpaired) electrons. The fraction of sp³-hybridized carbons (Fsp3) is 0. The second-order valence-corrected chi connectivity index (χ2v) is 13.3. The van der Waals surface area contributed by atoms with Gasteiger partial charge < -0.3 is 9.32 Å². The summed E-state index contributed by atoms with van der Waals surface area (Å²) < 4.78 is 6.34. The van der Waals surface area contributed by atoms with E-state index < -0.39 is 0 Å². The molecular formula is C50H33NO. The first-order valence-electron chi connectivity index (χ1n) is 17.8. The van der Waals surface area contributed by atoms with Gasteiger partial charge in [-0.1, -0.05) is 158 Å². The van der Waals surface area contributed by atoms with E-state index in [9.17, 15) is 0 Å². The van der Waals surface area contributed by atoms with E-state index in [4.69, 9.17) is 4.42 Å². The zero-order valence-electron chi connectivity index (χ0n) is 28.4. The predicted octanol–water partition coefficient (Wildman–Crippen LogP) is 14.4. The lowest BCUT2D eigenvalue weighted by Gasteiger charge is -2.28. The van der Waals surface area contributed by atoms with Crippen LogP contribution >= 0.6 is 0 Å². The van der Waals surface area contributed by atoms with Crippen molar-refractivity contribution >= 4 is 60.5 Å². The van der Waals surface area contributed by atoms with Crippen molar-refractivity contribution in [2.75, 3.05) is 4.90 Å². The molecule has 0 saturated carbocycles. The van der Waals surface area contributed by atoms with Crippen molar-refractivity contribution in [2.24, 2.45) is 0 Å². The van der Waals surface area contributed by atoms with Gasteiger partial charge in [0.1, 0.15) is 11.2 Å². The highest BCUT2D eigenvalue weighted by atomic mass is 16.3. The van der Waals surface area contributed by atoms with Crippen LogP contribution in [0.2, 0.25) is 0 Å². The summed E-state index contributed by atoms with van der Waals surface area (Å²) in [5.74, 6) is 0. The van der Waals surface area contributed by atoms with Crippen molar-refractivity contribution in [1.29, 1.82) is 0 Å². The van der Waals surface area contributed by atoms with Crippen LogP contribution in [0.25, 0.3) is 76.9 Å². The molecule has 0 amide bonds. The third-order valence-electron chi connectivity index (χ3n) is 10.3. The van der Waals surface area contributed by atoms with Crippen molar-refractivity contribution in [3.8, 4) is 33.4 Å². The molecule has 2 heteroatoms. The van der Waals surface area contributed by atoms with Crippen LogP contribution in [-0.4, -0.2) is 0 Å². The highest BCUT2D eigenvalue weighted by Crippen LogP contribution is 2.45. The van der Waals surface area contributed by atoms with E-state index in [1.807, 2.05) is 12.1 Å². The third-order valence-corrected chi connectivity index (χ3v) is 10.3. The molecule has 52 heavy (non-hydrogen) atoms. The molecule has 0 aliphatic rings. The van der Waals surface area contributed by atoms with Gasteiger partial charge in [-0.05, 0) is 91.8 Å². The van der Waals surface area contributed by atoms with Crippen LogP contribution in [-0.2, 0) is 0 Å². The summed E-state index contributed by atoms with van der Waals surface area (Å²) in [4.78, 5) is 2.39. The average molecular weight is 664 g/mol. The molecular weight excluding hydrogens is 631 g/mol. The van der Waals surface area contributed by atoms with Gasteiger partial charge in [-0.25, -0.2) is 0 Å². The summed E-state index contributed by atoms with van der Waals surface area (Å²) in [5.41, 5.74) is 12.2. The van der Waals surface area contributed by atoms with E-state index in [0.29, 0.717) is 0 Å². The number of fused-ring (bicyclic) bond motifs is 5. The maximum absolute atomic E-state index is 6.34. The van der Waals surface area contributed by atoms with Gasteiger partial charge in [0.15, 0.2) is 0 Å². The van der Waals surface area contributed by atoms with Crippen LogP contribution in [0.1, 0.15) is 0 Å². The number of anilines is 3. The lowest BCUT2D eigenvalue weighted by molar-refractivity contribution is 0.669. The van der Waals surface area contributed by atoms with Crippen molar-refractivity contribution in [3.63, 3.8) is 0 Å².